The molecule has 1 aromatic heterocycles. The first-order valence-electron chi connectivity index (χ1n) is 11.5. The summed E-state index contributed by atoms with van der Waals surface area (Å²) in [7, 11) is 1.65. The molecule has 0 amide bonds. The summed E-state index contributed by atoms with van der Waals surface area (Å²) in [5.74, 6) is 2.92. The number of ketones is 1. The predicted molar refractivity (Wildman–Crippen MR) is 129 cm³/mol. The van der Waals surface area contributed by atoms with Crippen LogP contribution in [0.3, 0.4) is 0 Å². The first-order chi connectivity index (χ1) is 17.1. The number of tetrazole rings is 1. The second-order valence-electron chi connectivity index (χ2n) is 9.05. The van der Waals surface area contributed by atoms with Gasteiger partial charge in [0.2, 0.25) is 12.6 Å². The Balaban J connectivity index is 1.31. The second kappa shape index (κ2) is 8.23. The molecule has 1 aliphatic heterocycles. The Bertz CT molecular complexity index is 1430. The number of Topliss-reactive ketones (excluding diaryl/α,β-unsaturated/α-hetero) is 1. The van der Waals surface area contributed by atoms with Crippen LogP contribution in [-0.2, 0) is 16.6 Å². The molecule has 35 heavy (non-hydrogen) atoms. The van der Waals surface area contributed by atoms with Gasteiger partial charge in [-0.3, -0.25) is 4.79 Å². The van der Waals surface area contributed by atoms with E-state index >= 15 is 0 Å². The van der Waals surface area contributed by atoms with E-state index in [1.165, 1.54) is 0 Å². The van der Waals surface area contributed by atoms with Gasteiger partial charge in [-0.05, 0) is 77.6 Å². The van der Waals surface area contributed by atoms with Gasteiger partial charge >= 0.3 is 0 Å². The van der Waals surface area contributed by atoms with E-state index in [1.807, 2.05) is 42.5 Å². The van der Waals surface area contributed by atoms with Crippen molar-refractivity contribution in [3.63, 3.8) is 0 Å². The lowest BCUT2D eigenvalue weighted by Crippen LogP contribution is -2.22. The highest BCUT2D eigenvalue weighted by Gasteiger charge is 2.50. The van der Waals surface area contributed by atoms with Crippen molar-refractivity contribution < 1.29 is 19.0 Å². The second-order valence-corrected chi connectivity index (χ2v) is 9.05. The van der Waals surface area contributed by atoms with Crippen LogP contribution >= 0.6 is 0 Å². The van der Waals surface area contributed by atoms with Crippen molar-refractivity contribution >= 4 is 5.78 Å². The first-order valence-corrected chi connectivity index (χ1v) is 11.5. The van der Waals surface area contributed by atoms with Gasteiger partial charge in [0.05, 0.1) is 12.5 Å². The Morgan fingerprint density at radius 2 is 1.89 bits per heavy atom. The van der Waals surface area contributed by atoms with Crippen LogP contribution in [0.15, 0.2) is 54.6 Å². The lowest BCUT2D eigenvalue weighted by atomic mass is 9.86. The number of aromatic amines is 1. The molecule has 0 spiro atoms. The topological polar surface area (TPSA) is 99.2 Å². The van der Waals surface area contributed by atoms with Crippen LogP contribution < -0.4 is 14.2 Å². The molecule has 0 unspecified atom stereocenters. The molecule has 8 nitrogen and oxygen atoms in total. The maximum absolute atomic E-state index is 13.5. The number of fused-ring (bicyclic) bond motifs is 1. The molecular formula is C27H24N4O4. The van der Waals surface area contributed by atoms with E-state index in [-0.39, 0.29) is 12.6 Å². The summed E-state index contributed by atoms with van der Waals surface area (Å²) < 4.78 is 16.6. The van der Waals surface area contributed by atoms with Crippen molar-refractivity contribution in [1.82, 2.24) is 20.6 Å². The van der Waals surface area contributed by atoms with Gasteiger partial charge in [-0.2, -0.15) is 5.21 Å². The molecule has 176 valence electrons. The molecule has 8 heteroatoms. The zero-order valence-corrected chi connectivity index (χ0v) is 19.5. The minimum absolute atomic E-state index is 0.221. The fourth-order valence-electron chi connectivity index (χ4n) is 4.81. The SMILES string of the molecule is COc1ccc(-c2nn[nH]n2)cc1-c1cc(CC(=O)C2(c3ccc4c(c3)OCO4)CC2)ccc1C. The Kier molecular flexibility index (Phi) is 5.02. The quantitative estimate of drug-likeness (QED) is 0.429. The van der Waals surface area contributed by atoms with Gasteiger partial charge in [0.15, 0.2) is 11.5 Å². The summed E-state index contributed by atoms with van der Waals surface area (Å²) in [4.78, 5) is 13.5. The Labute approximate surface area is 202 Å². The number of H-pyrrole nitrogens is 1. The first kappa shape index (κ1) is 21.3. The van der Waals surface area contributed by atoms with Gasteiger partial charge in [0, 0.05) is 17.5 Å². The van der Waals surface area contributed by atoms with E-state index < -0.39 is 5.41 Å². The smallest absolute Gasteiger partial charge is 0.231 e. The molecule has 2 heterocycles. The average molecular weight is 469 g/mol. The van der Waals surface area contributed by atoms with Crippen LogP contribution in [0, 0.1) is 6.92 Å². The van der Waals surface area contributed by atoms with E-state index in [0.29, 0.717) is 18.0 Å². The van der Waals surface area contributed by atoms with Gasteiger partial charge in [0.25, 0.3) is 0 Å². The maximum Gasteiger partial charge on any atom is 0.231 e. The third kappa shape index (κ3) is 3.71. The number of hydrogen-bond donors (Lipinski definition) is 1. The normalized spacial score (nSPS) is 15.1. The molecule has 0 bridgehead atoms. The summed E-state index contributed by atoms with van der Waals surface area (Å²) in [6.45, 7) is 2.28. The summed E-state index contributed by atoms with van der Waals surface area (Å²) in [6.07, 6.45) is 2.06. The van der Waals surface area contributed by atoms with Crippen LogP contribution in [0.1, 0.15) is 29.5 Å². The molecule has 1 fully saturated rings. The molecule has 3 aromatic carbocycles. The zero-order chi connectivity index (χ0) is 24.0. The molecule has 1 aliphatic carbocycles. The van der Waals surface area contributed by atoms with Crippen LogP contribution in [0.5, 0.6) is 17.2 Å². The standard InChI is InChI=1S/C27H24N4O4/c1-16-3-4-17(11-20(16)21-13-18(5-7-22(21)33-2)26-28-30-31-29-26)12-25(32)27(9-10-27)19-6-8-23-24(14-19)35-15-34-23/h3-8,11,13-14H,9-10,12,15H2,1-2H3,(H,28,29,30,31). The minimum Gasteiger partial charge on any atom is -0.496 e. The van der Waals surface area contributed by atoms with Crippen LogP contribution in [0.2, 0.25) is 0 Å². The number of ether oxygens (including phenoxy) is 3. The fraction of sp³-hybridized carbons (Fsp3) is 0.259. The summed E-state index contributed by atoms with van der Waals surface area (Å²) in [5.41, 5.74) is 5.37. The molecule has 4 aromatic rings. The highest BCUT2D eigenvalue weighted by atomic mass is 16.7. The number of hydrogen-bond acceptors (Lipinski definition) is 7. The molecule has 1 saturated carbocycles. The third-order valence-electron chi connectivity index (χ3n) is 6.97. The summed E-state index contributed by atoms with van der Waals surface area (Å²) >= 11 is 0. The van der Waals surface area contributed by atoms with Crippen molar-refractivity contribution in [3.8, 4) is 39.8 Å². The number of aryl methyl sites for hydroxylation is 1. The molecule has 2 aliphatic rings. The van der Waals surface area contributed by atoms with Crippen LogP contribution in [0.4, 0.5) is 0 Å². The molecular weight excluding hydrogens is 444 g/mol. The number of rotatable bonds is 7. The molecule has 0 saturated heterocycles. The Morgan fingerprint density at radius 1 is 1.03 bits per heavy atom. The number of benzene rings is 3. The van der Waals surface area contributed by atoms with Crippen LogP contribution in [0.25, 0.3) is 22.5 Å². The van der Waals surface area contributed by atoms with Crippen molar-refractivity contribution in [2.75, 3.05) is 13.9 Å². The van der Waals surface area contributed by atoms with E-state index in [1.54, 1.807) is 7.11 Å². The number of nitrogens with zero attached hydrogens (tertiary/aromatic N) is 3. The van der Waals surface area contributed by atoms with Crippen molar-refractivity contribution in [1.29, 1.82) is 0 Å². The lowest BCUT2D eigenvalue weighted by molar-refractivity contribution is -0.120. The molecule has 6 rings (SSSR count). The van der Waals surface area contributed by atoms with E-state index in [0.717, 1.165) is 57.7 Å². The number of methoxy groups -OCH3 is 1. The highest BCUT2D eigenvalue weighted by molar-refractivity contribution is 5.95. The summed E-state index contributed by atoms with van der Waals surface area (Å²) in [6, 6.07) is 17.8. The van der Waals surface area contributed by atoms with Gasteiger partial charge in [-0.15, -0.1) is 10.2 Å². The third-order valence-corrected chi connectivity index (χ3v) is 6.97. The maximum atomic E-state index is 13.5. The monoisotopic (exact) mass is 468 g/mol. The minimum atomic E-state index is -0.442. The van der Waals surface area contributed by atoms with Crippen molar-refractivity contribution in [2.24, 2.45) is 0 Å². The average Bonchev–Trinajstić information content (AvgIpc) is 3.27. The lowest BCUT2D eigenvalue weighted by Gasteiger charge is -2.17. The number of carbonyl (C=O) groups is 1. The largest absolute Gasteiger partial charge is 0.496 e. The van der Waals surface area contributed by atoms with E-state index in [9.17, 15) is 4.79 Å². The van der Waals surface area contributed by atoms with Gasteiger partial charge in [0.1, 0.15) is 11.5 Å². The van der Waals surface area contributed by atoms with Crippen molar-refractivity contribution in [3.05, 3.63) is 71.3 Å². The van der Waals surface area contributed by atoms with Crippen molar-refractivity contribution in [2.45, 2.75) is 31.6 Å². The van der Waals surface area contributed by atoms with E-state index in [4.69, 9.17) is 14.2 Å². The highest BCUT2D eigenvalue weighted by Crippen LogP contribution is 2.51. The molecule has 0 radical (unpaired) electrons. The van der Waals surface area contributed by atoms with Crippen LogP contribution in [-0.4, -0.2) is 40.3 Å². The summed E-state index contributed by atoms with van der Waals surface area (Å²) in [5, 5.41) is 14.3. The Morgan fingerprint density at radius 3 is 2.66 bits per heavy atom. The van der Waals surface area contributed by atoms with Gasteiger partial charge < -0.3 is 14.2 Å². The zero-order valence-electron chi connectivity index (χ0n) is 19.5. The number of carbonyl (C=O) groups excluding carboxylic acids is 1. The number of aromatic nitrogens is 4. The van der Waals surface area contributed by atoms with E-state index in [2.05, 4.69) is 39.7 Å². The fourth-order valence-corrected chi connectivity index (χ4v) is 4.81. The molecule has 0 atom stereocenters. The molecule has 1 N–H and O–H groups in total. The van der Waals surface area contributed by atoms with Gasteiger partial charge in [-0.25, -0.2) is 0 Å². The number of nitrogens with one attached hydrogen (secondary N) is 1. The predicted octanol–water partition coefficient (Wildman–Crippen LogP) is 4.42. The Hall–Kier alpha value is -4.20. The van der Waals surface area contributed by atoms with Gasteiger partial charge in [-0.1, -0.05) is 24.3 Å².